The Morgan fingerprint density at radius 3 is 2.35 bits per heavy atom. The van der Waals surface area contributed by atoms with Crippen LogP contribution in [0.5, 0.6) is 17.2 Å². The summed E-state index contributed by atoms with van der Waals surface area (Å²) in [7, 11) is -0.879. The molecule has 0 bridgehead atoms. The van der Waals surface area contributed by atoms with Gasteiger partial charge in [-0.2, -0.15) is 13.5 Å². The van der Waals surface area contributed by atoms with Gasteiger partial charge in [0.15, 0.2) is 5.75 Å². The fourth-order valence-electron chi connectivity index (χ4n) is 3.02. The van der Waals surface area contributed by atoms with E-state index in [1.54, 1.807) is 37.3 Å². The minimum absolute atomic E-state index is 0.00761. The van der Waals surface area contributed by atoms with Crippen LogP contribution in [-0.4, -0.2) is 33.8 Å². The van der Waals surface area contributed by atoms with E-state index in [0.29, 0.717) is 22.6 Å². The molecule has 0 saturated heterocycles. The number of nitro groups is 1. The first kappa shape index (κ1) is 24.5. The van der Waals surface area contributed by atoms with Crippen molar-refractivity contribution in [3.8, 4) is 17.2 Å². The van der Waals surface area contributed by atoms with Gasteiger partial charge in [0, 0.05) is 11.6 Å². The van der Waals surface area contributed by atoms with Gasteiger partial charge in [-0.3, -0.25) is 10.1 Å². The molecule has 3 aromatic carbocycles. The fraction of sp³-hybridized carbons (Fsp3) is 0.174. The van der Waals surface area contributed by atoms with Crippen molar-refractivity contribution < 1.29 is 27.6 Å². The number of nitrogens with zero attached hydrogens (tertiary/aromatic N) is 2. The Morgan fingerprint density at radius 1 is 1.00 bits per heavy atom. The van der Waals surface area contributed by atoms with Crippen LogP contribution in [0.1, 0.15) is 16.7 Å². The van der Waals surface area contributed by atoms with Gasteiger partial charge in [-0.15, -0.1) is 0 Å². The zero-order valence-electron chi connectivity index (χ0n) is 18.7. The smallest absolute Gasteiger partial charge is 0.311 e. The van der Waals surface area contributed by atoms with E-state index >= 15 is 0 Å². The molecule has 11 heteroatoms. The summed E-state index contributed by atoms with van der Waals surface area (Å²) < 4.78 is 40.8. The monoisotopic (exact) mass is 485 g/mol. The second-order valence-corrected chi connectivity index (χ2v) is 8.78. The van der Waals surface area contributed by atoms with E-state index < -0.39 is 14.9 Å². The van der Waals surface area contributed by atoms with Gasteiger partial charge in [-0.05, 0) is 66.6 Å². The second-order valence-electron chi connectivity index (χ2n) is 7.12. The van der Waals surface area contributed by atoms with Gasteiger partial charge in [0.05, 0.1) is 30.3 Å². The minimum atomic E-state index is -3.86. The lowest BCUT2D eigenvalue weighted by Crippen LogP contribution is -2.18. The van der Waals surface area contributed by atoms with E-state index in [4.69, 9.17) is 14.2 Å². The standard InChI is InChI=1S/C23H23N3O7S/c1-16-4-10-23(21(12-16)26(27)28)33-15-18-13-17(5-11-22(18)32-3)14-24-25-34(29,30)20-8-6-19(31-2)7-9-20/h4-14,25H,15H2,1-3H3. The third-order valence-electron chi connectivity index (χ3n) is 4.76. The first-order chi connectivity index (χ1) is 16.2. The van der Waals surface area contributed by atoms with Crippen LogP contribution in [0.4, 0.5) is 5.69 Å². The number of methoxy groups -OCH3 is 2. The summed E-state index contributed by atoms with van der Waals surface area (Å²) in [5.74, 6) is 1.17. The molecule has 0 aromatic heterocycles. The van der Waals surface area contributed by atoms with Crippen molar-refractivity contribution >= 4 is 21.9 Å². The molecule has 34 heavy (non-hydrogen) atoms. The molecule has 1 N–H and O–H groups in total. The predicted molar refractivity (Wildman–Crippen MR) is 126 cm³/mol. The quantitative estimate of drug-likeness (QED) is 0.263. The molecule has 0 heterocycles. The first-order valence-corrected chi connectivity index (χ1v) is 11.5. The average molecular weight is 486 g/mol. The lowest BCUT2D eigenvalue weighted by atomic mass is 10.1. The summed E-state index contributed by atoms with van der Waals surface area (Å²) in [6.45, 7) is 1.75. The average Bonchev–Trinajstić information content (AvgIpc) is 2.83. The predicted octanol–water partition coefficient (Wildman–Crippen LogP) is 3.81. The molecule has 0 spiro atoms. The molecular formula is C23H23N3O7S. The number of hydrogen-bond acceptors (Lipinski definition) is 8. The largest absolute Gasteiger partial charge is 0.497 e. The summed E-state index contributed by atoms with van der Waals surface area (Å²) in [5.41, 5.74) is 1.77. The molecule has 0 radical (unpaired) electrons. The van der Waals surface area contributed by atoms with Gasteiger partial charge in [-0.1, -0.05) is 6.07 Å². The molecule has 0 unspecified atom stereocenters. The van der Waals surface area contributed by atoms with Crippen LogP contribution in [0.15, 0.2) is 70.7 Å². The van der Waals surface area contributed by atoms with Crippen molar-refractivity contribution in [2.45, 2.75) is 18.4 Å². The zero-order valence-corrected chi connectivity index (χ0v) is 19.5. The Balaban J connectivity index is 1.75. The number of nitro benzene ring substituents is 1. The highest BCUT2D eigenvalue weighted by molar-refractivity contribution is 7.89. The number of sulfonamides is 1. The number of benzene rings is 3. The van der Waals surface area contributed by atoms with E-state index in [0.717, 1.165) is 5.56 Å². The van der Waals surface area contributed by atoms with E-state index in [1.165, 1.54) is 50.8 Å². The maximum absolute atomic E-state index is 12.4. The zero-order chi connectivity index (χ0) is 24.7. The van der Waals surface area contributed by atoms with Gasteiger partial charge in [0.25, 0.3) is 10.0 Å². The van der Waals surface area contributed by atoms with Gasteiger partial charge in [0.1, 0.15) is 18.1 Å². The van der Waals surface area contributed by atoms with Crippen LogP contribution >= 0.6 is 0 Å². The SMILES string of the molecule is COc1ccc(S(=O)(=O)NN=Cc2ccc(OC)c(COc3ccc(C)cc3[N+](=O)[O-])c2)cc1. The molecule has 0 aliphatic heterocycles. The van der Waals surface area contributed by atoms with E-state index in [1.807, 2.05) is 0 Å². The topological polar surface area (TPSA) is 129 Å². The molecular weight excluding hydrogens is 462 g/mol. The van der Waals surface area contributed by atoms with Crippen LogP contribution in [-0.2, 0) is 16.6 Å². The summed E-state index contributed by atoms with van der Waals surface area (Å²) >= 11 is 0. The Kier molecular flexibility index (Phi) is 7.69. The van der Waals surface area contributed by atoms with Gasteiger partial charge in [-0.25, -0.2) is 4.83 Å². The molecule has 0 aliphatic carbocycles. The highest BCUT2D eigenvalue weighted by Crippen LogP contribution is 2.30. The van der Waals surface area contributed by atoms with Crippen molar-refractivity contribution in [1.29, 1.82) is 0 Å². The van der Waals surface area contributed by atoms with Crippen molar-refractivity contribution in [2.75, 3.05) is 14.2 Å². The lowest BCUT2D eigenvalue weighted by molar-refractivity contribution is -0.386. The molecule has 3 aromatic rings. The molecule has 10 nitrogen and oxygen atoms in total. The Labute approximate surface area is 197 Å². The van der Waals surface area contributed by atoms with Gasteiger partial charge >= 0.3 is 5.69 Å². The molecule has 0 amide bonds. The van der Waals surface area contributed by atoms with Crippen LogP contribution < -0.4 is 19.0 Å². The highest BCUT2D eigenvalue weighted by atomic mass is 32.2. The second kappa shape index (κ2) is 10.7. The van der Waals surface area contributed by atoms with E-state index in [2.05, 4.69) is 9.93 Å². The third kappa shape index (κ3) is 6.01. The number of aryl methyl sites for hydroxylation is 1. The van der Waals surface area contributed by atoms with Crippen molar-refractivity contribution in [1.82, 2.24) is 4.83 Å². The van der Waals surface area contributed by atoms with Crippen LogP contribution in [0, 0.1) is 17.0 Å². The number of nitrogens with one attached hydrogen (secondary N) is 1. The van der Waals surface area contributed by atoms with Crippen molar-refractivity contribution in [3.63, 3.8) is 0 Å². The fourth-order valence-corrected chi connectivity index (χ4v) is 3.81. The maximum atomic E-state index is 12.4. The normalized spacial score (nSPS) is 11.3. The van der Waals surface area contributed by atoms with E-state index in [-0.39, 0.29) is 22.9 Å². The number of hydrogen-bond donors (Lipinski definition) is 1. The number of hydrazone groups is 1. The van der Waals surface area contributed by atoms with Gasteiger partial charge in [0.2, 0.25) is 0 Å². The number of ether oxygens (including phenoxy) is 3. The maximum Gasteiger partial charge on any atom is 0.311 e. The molecule has 0 atom stereocenters. The molecule has 3 rings (SSSR count). The third-order valence-corrected chi connectivity index (χ3v) is 5.99. The lowest BCUT2D eigenvalue weighted by Gasteiger charge is -2.11. The van der Waals surface area contributed by atoms with Crippen molar-refractivity contribution in [2.24, 2.45) is 5.10 Å². The van der Waals surface area contributed by atoms with Crippen LogP contribution in [0.25, 0.3) is 0 Å². The molecule has 178 valence electrons. The molecule has 0 fully saturated rings. The van der Waals surface area contributed by atoms with Crippen LogP contribution in [0.3, 0.4) is 0 Å². The summed E-state index contributed by atoms with van der Waals surface area (Å²) in [5, 5.41) is 15.1. The first-order valence-electron chi connectivity index (χ1n) is 9.97. The van der Waals surface area contributed by atoms with Gasteiger partial charge < -0.3 is 14.2 Å². The minimum Gasteiger partial charge on any atom is -0.497 e. The van der Waals surface area contributed by atoms with E-state index in [9.17, 15) is 18.5 Å². The van der Waals surface area contributed by atoms with Crippen LogP contribution in [0.2, 0.25) is 0 Å². The number of rotatable bonds is 10. The Hall–Kier alpha value is -4.12. The summed E-state index contributed by atoms with van der Waals surface area (Å²) in [4.78, 5) is 13.0. The summed E-state index contributed by atoms with van der Waals surface area (Å²) in [6.07, 6.45) is 1.33. The Bertz CT molecular complexity index is 1310. The summed E-state index contributed by atoms with van der Waals surface area (Å²) in [6, 6.07) is 15.6. The highest BCUT2D eigenvalue weighted by Gasteiger charge is 2.16. The Morgan fingerprint density at radius 2 is 1.71 bits per heavy atom. The molecule has 0 saturated carbocycles. The molecule has 0 aliphatic rings. The van der Waals surface area contributed by atoms with Crippen molar-refractivity contribution in [3.05, 3.63) is 87.5 Å².